The Balaban J connectivity index is 1.80. The number of amides is 3. The number of carbonyl (C=O) groups is 2. The van der Waals surface area contributed by atoms with Crippen molar-refractivity contribution in [1.82, 2.24) is 5.32 Å². The number of hydrogen-bond donors (Lipinski definition) is 3. The Labute approximate surface area is 186 Å². The minimum absolute atomic E-state index is 0.0862. The molecule has 3 rings (SSSR count). The second kappa shape index (κ2) is 10.5. The fourth-order valence-corrected chi connectivity index (χ4v) is 3.87. The first-order valence-electron chi connectivity index (χ1n) is 10.5. The van der Waals surface area contributed by atoms with Gasteiger partial charge in [0.15, 0.2) is 0 Å². The van der Waals surface area contributed by atoms with Crippen LogP contribution in [-0.2, 0) is 0 Å². The summed E-state index contributed by atoms with van der Waals surface area (Å²) in [5, 5.41) is 8.70. The Morgan fingerprint density at radius 3 is 2.40 bits per heavy atom. The van der Waals surface area contributed by atoms with Gasteiger partial charge >= 0.3 is 6.03 Å². The van der Waals surface area contributed by atoms with Crippen LogP contribution in [0.25, 0.3) is 0 Å². The molecular weight excluding hydrogens is 444 g/mol. The second-order valence-corrected chi connectivity index (χ2v) is 8.57. The van der Waals surface area contributed by atoms with Crippen LogP contribution in [0.1, 0.15) is 49.9 Å². The Bertz CT molecular complexity index is 897. The molecule has 30 heavy (non-hydrogen) atoms. The van der Waals surface area contributed by atoms with Gasteiger partial charge in [0.1, 0.15) is 0 Å². The van der Waals surface area contributed by atoms with Crippen molar-refractivity contribution >= 4 is 44.9 Å². The predicted molar refractivity (Wildman–Crippen MR) is 127 cm³/mol. The summed E-state index contributed by atoms with van der Waals surface area (Å²) in [5.41, 5.74) is 2.78. The van der Waals surface area contributed by atoms with E-state index in [-0.39, 0.29) is 18.0 Å². The van der Waals surface area contributed by atoms with Crippen LogP contribution >= 0.6 is 15.9 Å². The number of urea groups is 1. The molecule has 1 unspecified atom stereocenters. The number of nitrogens with zero attached hydrogens (tertiary/aromatic N) is 1. The average molecular weight is 473 g/mol. The smallest absolute Gasteiger partial charge is 0.323 e. The first-order chi connectivity index (χ1) is 14.5. The summed E-state index contributed by atoms with van der Waals surface area (Å²) in [6.07, 6.45) is 4.33. The van der Waals surface area contributed by atoms with Crippen LogP contribution in [0.15, 0.2) is 46.9 Å². The maximum absolute atomic E-state index is 13.0. The van der Waals surface area contributed by atoms with E-state index in [9.17, 15) is 9.59 Å². The van der Waals surface area contributed by atoms with Crippen LogP contribution in [0.4, 0.5) is 21.9 Å². The highest BCUT2D eigenvalue weighted by atomic mass is 79.9. The van der Waals surface area contributed by atoms with Gasteiger partial charge in [-0.05, 0) is 69.0 Å². The van der Waals surface area contributed by atoms with Gasteiger partial charge in [-0.3, -0.25) is 4.79 Å². The number of anilines is 3. The van der Waals surface area contributed by atoms with Crippen molar-refractivity contribution in [1.29, 1.82) is 0 Å². The highest BCUT2D eigenvalue weighted by Crippen LogP contribution is 2.27. The minimum Gasteiger partial charge on any atom is -0.371 e. The maximum Gasteiger partial charge on any atom is 0.323 e. The van der Waals surface area contributed by atoms with E-state index in [1.807, 2.05) is 50.2 Å². The lowest BCUT2D eigenvalue weighted by molar-refractivity contribution is 0.0939. The van der Waals surface area contributed by atoms with Crippen LogP contribution in [0.3, 0.4) is 0 Å². The fourth-order valence-electron chi connectivity index (χ4n) is 3.47. The maximum atomic E-state index is 13.0. The first-order valence-corrected chi connectivity index (χ1v) is 11.3. The van der Waals surface area contributed by atoms with Crippen molar-refractivity contribution in [2.45, 2.75) is 45.6 Å². The molecule has 1 heterocycles. The summed E-state index contributed by atoms with van der Waals surface area (Å²) in [6, 6.07) is 12.7. The minimum atomic E-state index is -0.355. The van der Waals surface area contributed by atoms with Gasteiger partial charge < -0.3 is 20.9 Å². The van der Waals surface area contributed by atoms with Crippen molar-refractivity contribution in [3.8, 4) is 0 Å². The zero-order chi connectivity index (χ0) is 21.5. The van der Waals surface area contributed by atoms with Gasteiger partial charge in [-0.15, -0.1) is 0 Å². The summed E-state index contributed by atoms with van der Waals surface area (Å²) >= 11 is 3.39. The largest absolute Gasteiger partial charge is 0.371 e. The van der Waals surface area contributed by atoms with Crippen LogP contribution in [0.5, 0.6) is 0 Å². The monoisotopic (exact) mass is 472 g/mol. The van der Waals surface area contributed by atoms with Crippen molar-refractivity contribution in [2.24, 2.45) is 0 Å². The van der Waals surface area contributed by atoms with Crippen LogP contribution in [0, 0.1) is 0 Å². The Kier molecular flexibility index (Phi) is 7.74. The highest BCUT2D eigenvalue weighted by molar-refractivity contribution is 9.10. The molecule has 1 atom stereocenters. The molecule has 0 saturated carbocycles. The Hall–Kier alpha value is -2.54. The van der Waals surface area contributed by atoms with Gasteiger partial charge in [-0.1, -0.05) is 28.9 Å². The predicted octanol–water partition coefficient (Wildman–Crippen LogP) is 5.61. The summed E-state index contributed by atoms with van der Waals surface area (Å²) in [6.45, 7) is 5.92. The van der Waals surface area contributed by atoms with E-state index in [1.54, 1.807) is 6.07 Å². The SMILES string of the molecule is CCC(C)NC(=O)c1cc(NC(=O)Nc2cccc(Br)c2)ccc1N1CCCCC1. The normalized spacial score (nSPS) is 14.7. The molecule has 1 aliphatic rings. The van der Waals surface area contributed by atoms with Gasteiger partial charge in [-0.2, -0.15) is 0 Å². The quantitative estimate of drug-likeness (QED) is 0.511. The third-order valence-electron chi connectivity index (χ3n) is 5.27. The second-order valence-electron chi connectivity index (χ2n) is 7.65. The van der Waals surface area contributed by atoms with E-state index in [4.69, 9.17) is 0 Å². The van der Waals surface area contributed by atoms with Gasteiger partial charge in [0, 0.05) is 40.7 Å². The van der Waals surface area contributed by atoms with Crippen LogP contribution in [0.2, 0.25) is 0 Å². The molecule has 0 aliphatic carbocycles. The Morgan fingerprint density at radius 2 is 1.73 bits per heavy atom. The van der Waals surface area contributed by atoms with E-state index in [2.05, 4.69) is 36.8 Å². The molecule has 2 aromatic carbocycles. The van der Waals surface area contributed by atoms with E-state index in [0.29, 0.717) is 16.9 Å². The summed E-state index contributed by atoms with van der Waals surface area (Å²) in [5.74, 6) is -0.110. The number of nitrogens with one attached hydrogen (secondary N) is 3. The van der Waals surface area contributed by atoms with E-state index in [1.165, 1.54) is 6.42 Å². The van der Waals surface area contributed by atoms with Gasteiger partial charge in [-0.25, -0.2) is 4.79 Å². The molecule has 3 N–H and O–H groups in total. The summed E-state index contributed by atoms with van der Waals surface area (Å²) in [7, 11) is 0. The third kappa shape index (κ3) is 5.98. The topological polar surface area (TPSA) is 73.5 Å². The number of benzene rings is 2. The molecule has 7 heteroatoms. The molecule has 0 bridgehead atoms. The lowest BCUT2D eigenvalue weighted by Gasteiger charge is -2.31. The Morgan fingerprint density at radius 1 is 1.03 bits per heavy atom. The van der Waals surface area contributed by atoms with Crippen molar-refractivity contribution < 1.29 is 9.59 Å². The van der Waals surface area contributed by atoms with Crippen LogP contribution in [-0.4, -0.2) is 31.1 Å². The molecule has 0 spiro atoms. The lowest BCUT2D eigenvalue weighted by atomic mass is 10.1. The molecule has 0 aromatic heterocycles. The lowest BCUT2D eigenvalue weighted by Crippen LogP contribution is -2.35. The average Bonchev–Trinajstić information content (AvgIpc) is 2.74. The number of hydrogen-bond acceptors (Lipinski definition) is 3. The molecule has 6 nitrogen and oxygen atoms in total. The molecule has 1 fully saturated rings. The van der Waals surface area contributed by atoms with Crippen molar-refractivity contribution in [3.63, 3.8) is 0 Å². The molecule has 2 aromatic rings. The highest BCUT2D eigenvalue weighted by Gasteiger charge is 2.20. The van der Waals surface area contributed by atoms with Gasteiger partial charge in [0.25, 0.3) is 5.91 Å². The van der Waals surface area contributed by atoms with Crippen LogP contribution < -0.4 is 20.9 Å². The zero-order valence-corrected chi connectivity index (χ0v) is 19.1. The third-order valence-corrected chi connectivity index (χ3v) is 5.76. The zero-order valence-electron chi connectivity index (χ0n) is 17.5. The van der Waals surface area contributed by atoms with Gasteiger partial charge in [0.05, 0.1) is 5.56 Å². The molecule has 1 saturated heterocycles. The number of carbonyl (C=O) groups excluding carboxylic acids is 2. The van der Waals surface area contributed by atoms with Gasteiger partial charge in [0.2, 0.25) is 0 Å². The summed E-state index contributed by atoms with van der Waals surface area (Å²) < 4.78 is 0.884. The van der Waals surface area contributed by atoms with E-state index < -0.39 is 0 Å². The summed E-state index contributed by atoms with van der Waals surface area (Å²) in [4.78, 5) is 27.7. The van der Waals surface area contributed by atoms with E-state index >= 15 is 0 Å². The molecule has 160 valence electrons. The number of halogens is 1. The molecule has 0 radical (unpaired) electrons. The molecular formula is C23H29BrN4O2. The van der Waals surface area contributed by atoms with Crippen molar-refractivity contribution in [2.75, 3.05) is 28.6 Å². The number of rotatable bonds is 6. The number of piperidine rings is 1. The fraction of sp³-hybridized carbons (Fsp3) is 0.391. The molecule has 3 amide bonds. The first kappa shape index (κ1) is 22.2. The molecule has 1 aliphatic heterocycles. The van der Waals surface area contributed by atoms with E-state index in [0.717, 1.165) is 42.5 Å². The standard InChI is InChI=1S/C23H29BrN4O2/c1-3-16(2)25-22(29)20-15-19(10-11-21(20)28-12-5-4-6-13-28)27-23(30)26-18-9-7-8-17(24)14-18/h7-11,14-16H,3-6,12-13H2,1-2H3,(H,25,29)(H2,26,27,30). The van der Waals surface area contributed by atoms with Crippen molar-refractivity contribution in [3.05, 3.63) is 52.5 Å².